The highest BCUT2D eigenvalue weighted by atomic mass is 16.6. The van der Waals surface area contributed by atoms with E-state index >= 15 is 0 Å². The van der Waals surface area contributed by atoms with Crippen molar-refractivity contribution in [1.82, 2.24) is 0 Å². The van der Waals surface area contributed by atoms with Crippen molar-refractivity contribution in [1.29, 1.82) is 0 Å². The molecular weight excluding hydrogens is 432 g/mol. The van der Waals surface area contributed by atoms with E-state index in [2.05, 4.69) is 6.58 Å². The first-order valence-corrected chi connectivity index (χ1v) is 11.3. The quantitative estimate of drug-likeness (QED) is 0.303. The molecule has 6 atom stereocenters. The van der Waals surface area contributed by atoms with Crippen LogP contribution in [0.15, 0.2) is 104 Å². The molecule has 4 N–H and O–H groups in total. The van der Waals surface area contributed by atoms with Crippen LogP contribution in [0, 0.1) is 0 Å². The van der Waals surface area contributed by atoms with Gasteiger partial charge in [-0.2, -0.15) is 0 Å². The van der Waals surface area contributed by atoms with Crippen LogP contribution in [0.5, 0.6) is 0 Å². The Hall–Kier alpha value is -2.84. The molecule has 1 aliphatic heterocycles. The van der Waals surface area contributed by atoms with Crippen molar-refractivity contribution < 1.29 is 29.9 Å². The van der Waals surface area contributed by atoms with Crippen LogP contribution >= 0.6 is 0 Å². The van der Waals surface area contributed by atoms with E-state index in [1.54, 1.807) is 0 Å². The van der Waals surface area contributed by atoms with Crippen molar-refractivity contribution in [3.05, 3.63) is 120 Å². The van der Waals surface area contributed by atoms with Gasteiger partial charge in [0.1, 0.15) is 30.5 Å². The Morgan fingerprint density at radius 3 is 1.65 bits per heavy atom. The SMILES string of the molecule is C=CCO[C@H]1[C@H](O)[C@@H](C(O)C(c2ccccc2)(c2ccccc2)c2ccccc2)O[C@H](O)[C@H]1O. The zero-order chi connectivity index (χ0) is 24.1. The summed E-state index contributed by atoms with van der Waals surface area (Å²) in [4.78, 5) is 0. The molecular formula is C28H30O6. The molecule has 6 heteroatoms. The van der Waals surface area contributed by atoms with E-state index in [0.717, 1.165) is 16.7 Å². The Balaban J connectivity index is 1.91. The molecule has 34 heavy (non-hydrogen) atoms. The molecule has 0 saturated carbocycles. The molecule has 0 bridgehead atoms. The van der Waals surface area contributed by atoms with Gasteiger partial charge in [-0.1, -0.05) is 97.1 Å². The van der Waals surface area contributed by atoms with Crippen LogP contribution in [0.2, 0.25) is 0 Å². The fourth-order valence-corrected chi connectivity index (χ4v) is 4.87. The van der Waals surface area contributed by atoms with Crippen LogP contribution in [-0.4, -0.2) is 63.8 Å². The van der Waals surface area contributed by atoms with Crippen molar-refractivity contribution in [3.63, 3.8) is 0 Å². The summed E-state index contributed by atoms with van der Waals surface area (Å²) in [5.41, 5.74) is 1.17. The van der Waals surface area contributed by atoms with E-state index in [1.807, 2.05) is 91.0 Å². The Bertz CT molecular complexity index is 946. The average molecular weight is 463 g/mol. The van der Waals surface area contributed by atoms with E-state index in [0.29, 0.717) is 0 Å². The molecule has 1 unspecified atom stereocenters. The molecule has 1 saturated heterocycles. The number of hydrogen-bond donors (Lipinski definition) is 4. The highest BCUT2D eigenvalue weighted by Gasteiger charge is 2.54. The minimum absolute atomic E-state index is 0.0511. The number of ether oxygens (including phenoxy) is 2. The van der Waals surface area contributed by atoms with Gasteiger partial charge >= 0.3 is 0 Å². The summed E-state index contributed by atoms with van der Waals surface area (Å²) >= 11 is 0. The first-order chi connectivity index (χ1) is 16.5. The molecule has 0 aromatic heterocycles. The third kappa shape index (κ3) is 4.32. The fourth-order valence-electron chi connectivity index (χ4n) is 4.87. The summed E-state index contributed by atoms with van der Waals surface area (Å²) in [5, 5.41) is 44.2. The molecule has 0 aliphatic carbocycles. The summed E-state index contributed by atoms with van der Waals surface area (Å²) in [7, 11) is 0. The smallest absolute Gasteiger partial charge is 0.184 e. The van der Waals surface area contributed by atoms with Gasteiger partial charge in [0.05, 0.1) is 12.0 Å². The third-order valence-electron chi connectivity index (χ3n) is 6.45. The summed E-state index contributed by atoms with van der Waals surface area (Å²) in [6.07, 6.45) is -6.92. The van der Waals surface area contributed by atoms with Gasteiger partial charge in [-0.25, -0.2) is 0 Å². The Morgan fingerprint density at radius 2 is 1.24 bits per heavy atom. The Labute approximate surface area is 199 Å². The predicted molar refractivity (Wildman–Crippen MR) is 128 cm³/mol. The van der Waals surface area contributed by atoms with Gasteiger partial charge in [-0.3, -0.25) is 0 Å². The zero-order valence-corrected chi connectivity index (χ0v) is 18.7. The first kappa shape index (κ1) is 24.3. The van der Waals surface area contributed by atoms with Gasteiger partial charge < -0.3 is 29.9 Å². The summed E-state index contributed by atoms with van der Waals surface area (Å²) in [6, 6.07) is 28.5. The number of rotatable bonds is 8. The zero-order valence-electron chi connectivity index (χ0n) is 18.7. The lowest BCUT2D eigenvalue weighted by Gasteiger charge is -2.48. The molecule has 4 rings (SSSR count). The first-order valence-electron chi connectivity index (χ1n) is 11.3. The molecule has 1 fully saturated rings. The van der Waals surface area contributed by atoms with Crippen LogP contribution < -0.4 is 0 Å². The van der Waals surface area contributed by atoms with Crippen LogP contribution in [0.4, 0.5) is 0 Å². The van der Waals surface area contributed by atoms with Crippen molar-refractivity contribution in [2.45, 2.75) is 42.2 Å². The molecule has 6 nitrogen and oxygen atoms in total. The van der Waals surface area contributed by atoms with E-state index in [9.17, 15) is 20.4 Å². The highest BCUT2D eigenvalue weighted by Crippen LogP contribution is 2.45. The second-order valence-electron chi connectivity index (χ2n) is 8.41. The number of hydrogen-bond acceptors (Lipinski definition) is 6. The second kappa shape index (κ2) is 10.6. The van der Waals surface area contributed by atoms with Gasteiger partial charge in [0.15, 0.2) is 6.29 Å². The van der Waals surface area contributed by atoms with Crippen molar-refractivity contribution >= 4 is 0 Å². The molecule has 1 heterocycles. The Kier molecular flexibility index (Phi) is 7.58. The molecule has 3 aromatic carbocycles. The Morgan fingerprint density at radius 1 is 0.794 bits per heavy atom. The monoisotopic (exact) mass is 462 g/mol. The molecule has 3 aromatic rings. The van der Waals surface area contributed by atoms with E-state index in [4.69, 9.17) is 9.47 Å². The summed E-state index contributed by atoms with van der Waals surface area (Å²) in [5.74, 6) is 0. The molecule has 0 spiro atoms. The van der Waals surface area contributed by atoms with E-state index in [1.165, 1.54) is 6.08 Å². The van der Waals surface area contributed by atoms with E-state index in [-0.39, 0.29) is 6.61 Å². The van der Waals surface area contributed by atoms with Gasteiger partial charge in [-0.05, 0) is 16.7 Å². The molecule has 1 aliphatic rings. The lowest BCUT2D eigenvalue weighted by Crippen LogP contribution is -2.64. The number of benzene rings is 3. The number of aliphatic hydroxyl groups excluding tert-OH is 4. The average Bonchev–Trinajstić information content (AvgIpc) is 2.88. The van der Waals surface area contributed by atoms with Gasteiger partial charge in [0.25, 0.3) is 0 Å². The normalized spacial score (nSPS) is 26.1. The van der Waals surface area contributed by atoms with Gasteiger partial charge in [0, 0.05) is 0 Å². The van der Waals surface area contributed by atoms with Crippen molar-refractivity contribution in [3.8, 4) is 0 Å². The molecule has 0 amide bonds. The number of aliphatic hydroxyl groups is 4. The molecule has 0 radical (unpaired) electrons. The molecule has 178 valence electrons. The predicted octanol–water partition coefficient (Wildman–Crippen LogP) is 2.39. The van der Waals surface area contributed by atoms with Crippen molar-refractivity contribution in [2.75, 3.05) is 6.61 Å². The highest BCUT2D eigenvalue weighted by molar-refractivity contribution is 5.52. The fraction of sp³-hybridized carbons (Fsp3) is 0.286. The minimum Gasteiger partial charge on any atom is -0.389 e. The minimum atomic E-state index is -1.65. The van der Waals surface area contributed by atoms with Crippen LogP contribution in [0.1, 0.15) is 16.7 Å². The van der Waals surface area contributed by atoms with Gasteiger partial charge in [-0.15, -0.1) is 6.58 Å². The lowest BCUT2D eigenvalue weighted by molar-refractivity contribution is -0.305. The second-order valence-corrected chi connectivity index (χ2v) is 8.41. The topological polar surface area (TPSA) is 99.4 Å². The van der Waals surface area contributed by atoms with Crippen LogP contribution in [-0.2, 0) is 14.9 Å². The maximum absolute atomic E-state index is 12.1. The largest absolute Gasteiger partial charge is 0.389 e. The third-order valence-corrected chi connectivity index (χ3v) is 6.45. The summed E-state index contributed by atoms with van der Waals surface area (Å²) < 4.78 is 11.2. The lowest BCUT2D eigenvalue weighted by atomic mass is 9.63. The maximum atomic E-state index is 12.1. The van der Waals surface area contributed by atoms with Crippen molar-refractivity contribution in [2.24, 2.45) is 0 Å². The summed E-state index contributed by atoms with van der Waals surface area (Å²) in [6.45, 7) is 3.65. The maximum Gasteiger partial charge on any atom is 0.184 e. The van der Waals surface area contributed by atoms with Crippen LogP contribution in [0.25, 0.3) is 0 Å². The van der Waals surface area contributed by atoms with Gasteiger partial charge in [0.2, 0.25) is 0 Å². The standard InChI is InChI=1S/C28H30O6/c1-2-18-33-24-22(29)25(34-27(32)23(24)30)26(31)28(19-12-6-3-7-13-19,20-14-8-4-9-15-20)21-16-10-5-11-17-21/h2-17,22-27,29-32H,1,18H2/t22-,23-,24-,25-,26?,27-/m0/s1. The van der Waals surface area contributed by atoms with Crippen LogP contribution in [0.3, 0.4) is 0 Å². The van der Waals surface area contributed by atoms with E-state index < -0.39 is 42.2 Å².